The van der Waals surface area contributed by atoms with Crippen molar-refractivity contribution in [1.29, 1.82) is 0 Å². The lowest BCUT2D eigenvalue weighted by Gasteiger charge is -2.18. The molecule has 15 heavy (non-hydrogen) atoms. The molecular formula is C10H14FNO3. The highest BCUT2D eigenvalue weighted by Gasteiger charge is 2.20. The summed E-state index contributed by atoms with van der Waals surface area (Å²) in [5.41, 5.74) is 0.893. The second kappa shape index (κ2) is 5.16. The van der Waals surface area contributed by atoms with Crippen LogP contribution in [0.4, 0.5) is 4.39 Å². The van der Waals surface area contributed by atoms with Crippen LogP contribution in [0.25, 0.3) is 0 Å². The van der Waals surface area contributed by atoms with Crippen molar-refractivity contribution in [2.45, 2.75) is 25.6 Å². The predicted molar refractivity (Wildman–Crippen MR) is 51.6 cm³/mol. The summed E-state index contributed by atoms with van der Waals surface area (Å²) in [4.78, 5) is 3.40. The molecule has 3 N–H and O–H groups in total. The van der Waals surface area contributed by atoms with E-state index >= 15 is 0 Å². The molecule has 0 amide bonds. The van der Waals surface area contributed by atoms with E-state index in [0.29, 0.717) is 11.1 Å². The van der Waals surface area contributed by atoms with Gasteiger partial charge in [0.1, 0.15) is 6.10 Å². The Hall–Kier alpha value is -1.04. The minimum absolute atomic E-state index is 0.0674. The number of aryl methyl sites for hydroxylation is 1. The van der Waals surface area contributed by atoms with Crippen LogP contribution in [0.15, 0.2) is 12.3 Å². The van der Waals surface area contributed by atoms with E-state index in [-0.39, 0.29) is 13.0 Å². The van der Waals surface area contributed by atoms with Crippen molar-refractivity contribution >= 4 is 0 Å². The quantitative estimate of drug-likeness (QED) is 0.632. The maximum atomic E-state index is 12.7. The van der Waals surface area contributed by atoms with Crippen LogP contribution in [-0.2, 0) is 0 Å². The molecule has 4 nitrogen and oxygen atoms in total. The highest BCUT2D eigenvalue weighted by molar-refractivity contribution is 5.25. The smallest absolute Gasteiger partial charge is 0.213 e. The zero-order valence-electron chi connectivity index (χ0n) is 8.39. The van der Waals surface area contributed by atoms with Crippen LogP contribution >= 0.6 is 0 Å². The number of aliphatic hydroxyl groups is 3. The molecule has 1 rings (SSSR count). The van der Waals surface area contributed by atoms with Gasteiger partial charge in [-0.15, -0.1) is 0 Å². The van der Waals surface area contributed by atoms with Crippen molar-refractivity contribution < 1.29 is 19.7 Å². The molecule has 0 saturated heterocycles. The monoisotopic (exact) mass is 215 g/mol. The Labute approximate surface area is 87.0 Å². The fourth-order valence-electron chi connectivity index (χ4n) is 1.34. The zero-order chi connectivity index (χ0) is 11.4. The molecule has 0 fully saturated rings. The summed E-state index contributed by atoms with van der Waals surface area (Å²) in [6.45, 7) is 1.40. The van der Waals surface area contributed by atoms with Crippen molar-refractivity contribution in [3.05, 3.63) is 29.3 Å². The van der Waals surface area contributed by atoms with Gasteiger partial charge in [-0.05, 0) is 25.0 Å². The largest absolute Gasteiger partial charge is 0.396 e. The van der Waals surface area contributed by atoms with E-state index in [1.165, 1.54) is 12.3 Å². The fourth-order valence-corrected chi connectivity index (χ4v) is 1.34. The number of aliphatic hydroxyl groups excluding tert-OH is 3. The maximum absolute atomic E-state index is 12.7. The van der Waals surface area contributed by atoms with Crippen LogP contribution in [-0.4, -0.2) is 33.0 Å². The first-order valence-electron chi connectivity index (χ1n) is 4.65. The standard InChI is InChI=1S/C10H14FNO3/c1-6-4-9(11)12-5-7(6)10(15)8(14)2-3-13/h4-5,8,10,13-15H,2-3H2,1H3. The molecule has 0 spiro atoms. The number of hydrogen-bond donors (Lipinski definition) is 3. The summed E-state index contributed by atoms with van der Waals surface area (Å²) in [5.74, 6) is -0.625. The van der Waals surface area contributed by atoms with Gasteiger partial charge in [0.15, 0.2) is 0 Å². The van der Waals surface area contributed by atoms with Crippen LogP contribution in [0.1, 0.15) is 23.7 Å². The number of aromatic nitrogens is 1. The molecule has 1 aromatic heterocycles. The average molecular weight is 215 g/mol. The molecule has 84 valence electrons. The van der Waals surface area contributed by atoms with E-state index in [2.05, 4.69) is 4.98 Å². The third-order valence-corrected chi connectivity index (χ3v) is 2.23. The lowest BCUT2D eigenvalue weighted by atomic mass is 10.0. The summed E-state index contributed by atoms with van der Waals surface area (Å²) in [6.07, 6.45) is -0.959. The first kappa shape index (κ1) is 12.0. The Morgan fingerprint density at radius 1 is 1.47 bits per heavy atom. The van der Waals surface area contributed by atoms with E-state index in [1.807, 2.05) is 0 Å². The molecule has 5 heteroatoms. The Morgan fingerprint density at radius 2 is 2.13 bits per heavy atom. The van der Waals surface area contributed by atoms with Crippen LogP contribution in [0.2, 0.25) is 0 Å². The number of rotatable bonds is 4. The molecule has 2 unspecified atom stereocenters. The van der Waals surface area contributed by atoms with E-state index in [4.69, 9.17) is 5.11 Å². The van der Waals surface area contributed by atoms with Crippen molar-refractivity contribution in [2.24, 2.45) is 0 Å². The fraction of sp³-hybridized carbons (Fsp3) is 0.500. The van der Waals surface area contributed by atoms with Crippen molar-refractivity contribution in [1.82, 2.24) is 4.98 Å². The number of pyridine rings is 1. The predicted octanol–water partition coefficient (Wildman–Crippen LogP) is 0.306. The second-order valence-corrected chi connectivity index (χ2v) is 3.39. The molecule has 0 aliphatic rings. The first-order chi connectivity index (χ1) is 7.06. The Morgan fingerprint density at radius 3 is 2.67 bits per heavy atom. The topological polar surface area (TPSA) is 73.6 Å². The van der Waals surface area contributed by atoms with Crippen LogP contribution in [0, 0.1) is 12.9 Å². The molecule has 0 radical (unpaired) electrons. The minimum atomic E-state index is -1.15. The van der Waals surface area contributed by atoms with Gasteiger partial charge >= 0.3 is 0 Å². The van der Waals surface area contributed by atoms with Gasteiger partial charge in [-0.1, -0.05) is 0 Å². The van der Waals surface area contributed by atoms with Gasteiger partial charge in [0.25, 0.3) is 0 Å². The highest BCUT2D eigenvalue weighted by atomic mass is 19.1. The van der Waals surface area contributed by atoms with Crippen molar-refractivity contribution in [3.63, 3.8) is 0 Å². The second-order valence-electron chi connectivity index (χ2n) is 3.39. The Bertz CT molecular complexity index is 332. The molecule has 1 heterocycles. The average Bonchev–Trinajstić information content (AvgIpc) is 2.17. The third kappa shape index (κ3) is 2.95. The van der Waals surface area contributed by atoms with E-state index in [9.17, 15) is 14.6 Å². The SMILES string of the molecule is Cc1cc(F)ncc1C(O)C(O)CCO. The third-order valence-electron chi connectivity index (χ3n) is 2.23. The molecule has 0 aromatic carbocycles. The van der Waals surface area contributed by atoms with Gasteiger partial charge in [-0.25, -0.2) is 4.98 Å². The first-order valence-corrected chi connectivity index (χ1v) is 4.65. The van der Waals surface area contributed by atoms with Gasteiger partial charge in [0, 0.05) is 18.4 Å². The van der Waals surface area contributed by atoms with E-state index in [0.717, 1.165) is 0 Å². The maximum Gasteiger partial charge on any atom is 0.213 e. The molecule has 0 bridgehead atoms. The number of nitrogens with zero attached hydrogens (tertiary/aromatic N) is 1. The lowest BCUT2D eigenvalue weighted by Crippen LogP contribution is -2.20. The van der Waals surface area contributed by atoms with Gasteiger partial charge in [-0.3, -0.25) is 0 Å². The Balaban J connectivity index is 2.86. The normalized spacial score (nSPS) is 15.0. The van der Waals surface area contributed by atoms with Crippen LogP contribution in [0.5, 0.6) is 0 Å². The number of hydrogen-bond acceptors (Lipinski definition) is 4. The van der Waals surface area contributed by atoms with E-state index in [1.54, 1.807) is 6.92 Å². The van der Waals surface area contributed by atoms with Crippen molar-refractivity contribution in [2.75, 3.05) is 6.61 Å². The molecule has 1 aromatic rings. The minimum Gasteiger partial charge on any atom is -0.396 e. The zero-order valence-corrected chi connectivity index (χ0v) is 8.39. The lowest BCUT2D eigenvalue weighted by molar-refractivity contribution is 0.00363. The molecular weight excluding hydrogens is 201 g/mol. The number of halogens is 1. The summed E-state index contributed by atoms with van der Waals surface area (Å²) < 4.78 is 12.7. The molecule has 0 aliphatic heterocycles. The summed E-state index contributed by atoms with van der Waals surface area (Å²) in [7, 11) is 0. The van der Waals surface area contributed by atoms with Crippen LogP contribution in [0.3, 0.4) is 0 Å². The van der Waals surface area contributed by atoms with Crippen molar-refractivity contribution in [3.8, 4) is 0 Å². The van der Waals surface area contributed by atoms with Gasteiger partial charge in [0.05, 0.1) is 6.10 Å². The summed E-state index contributed by atoms with van der Waals surface area (Å²) in [5, 5.41) is 27.7. The van der Waals surface area contributed by atoms with Gasteiger partial charge in [-0.2, -0.15) is 4.39 Å². The summed E-state index contributed by atoms with van der Waals surface area (Å²) in [6, 6.07) is 1.18. The Kier molecular flexibility index (Phi) is 4.14. The van der Waals surface area contributed by atoms with E-state index < -0.39 is 18.2 Å². The highest BCUT2D eigenvalue weighted by Crippen LogP contribution is 2.21. The molecule has 2 atom stereocenters. The molecule has 0 aliphatic carbocycles. The van der Waals surface area contributed by atoms with Gasteiger partial charge < -0.3 is 15.3 Å². The molecule has 0 saturated carbocycles. The van der Waals surface area contributed by atoms with Gasteiger partial charge in [0.2, 0.25) is 5.95 Å². The van der Waals surface area contributed by atoms with Crippen LogP contribution < -0.4 is 0 Å². The summed E-state index contributed by atoms with van der Waals surface area (Å²) >= 11 is 0.